The van der Waals surface area contributed by atoms with Crippen molar-refractivity contribution in [1.29, 1.82) is 0 Å². The minimum atomic E-state index is -3.79. The van der Waals surface area contributed by atoms with Crippen LogP contribution >= 0.6 is 11.6 Å². The Morgan fingerprint density at radius 2 is 1.73 bits per heavy atom. The molecule has 0 bridgehead atoms. The Morgan fingerprint density at radius 3 is 2.38 bits per heavy atom. The van der Waals surface area contributed by atoms with E-state index in [1.54, 1.807) is 30.3 Å². The normalized spacial score (nSPS) is 16.7. The molecule has 0 saturated heterocycles. The van der Waals surface area contributed by atoms with E-state index in [1.165, 1.54) is 0 Å². The molecule has 7 heteroatoms. The van der Waals surface area contributed by atoms with Gasteiger partial charge in [-0.25, -0.2) is 21.9 Å². The van der Waals surface area contributed by atoms with Gasteiger partial charge in [0.25, 0.3) is 0 Å². The molecular formula is C19H20ClF2NO2S. The lowest BCUT2D eigenvalue weighted by Crippen LogP contribution is -2.35. The zero-order chi connectivity index (χ0) is 18.7. The van der Waals surface area contributed by atoms with Crippen LogP contribution in [0.4, 0.5) is 8.78 Å². The number of benzene rings is 2. The van der Waals surface area contributed by atoms with Gasteiger partial charge >= 0.3 is 0 Å². The van der Waals surface area contributed by atoms with Gasteiger partial charge in [-0.15, -0.1) is 0 Å². The number of sulfonamides is 1. The standard InChI is InChI=1S/C19H20ClF2NO2S/c20-15-10-11-16(21)17(18(15)22)19(14-8-4-5-9-14)23-26(24,25)12-13-6-2-1-3-7-13/h1-3,6-7,10-11,14,19,23H,4-5,8-9,12H2/t19-/m0/s1. The van der Waals surface area contributed by atoms with E-state index >= 15 is 0 Å². The van der Waals surface area contributed by atoms with E-state index in [9.17, 15) is 17.2 Å². The predicted molar refractivity (Wildman–Crippen MR) is 98.3 cm³/mol. The van der Waals surface area contributed by atoms with Gasteiger partial charge in [0.1, 0.15) is 11.6 Å². The van der Waals surface area contributed by atoms with E-state index < -0.39 is 27.7 Å². The van der Waals surface area contributed by atoms with Crippen LogP contribution in [-0.2, 0) is 15.8 Å². The molecule has 1 aliphatic carbocycles. The fourth-order valence-corrected chi connectivity index (χ4v) is 5.11. The van der Waals surface area contributed by atoms with Gasteiger partial charge in [0, 0.05) is 5.56 Å². The van der Waals surface area contributed by atoms with Crippen LogP contribution in [-0.4, -0.2) is 8.42 Å². The molecule has 2 aromatic carbocycles. The summed E-state index contributed by atoms with van der Waals surface area (Å²) in [5.41, 5.74) is 0.318. The van der Waals surface area contributed by atoms with Gasteiger partial charge in [-0.3, -0.25) is 0 Å². The first-order chi connectivity index (χ1) is 12.4. The van der Waals surface area contributed by atoms with Crippen LogP contribution in [0.5, 0.6) is 0 Å². The van der Waals surface area contributed by atoms with Crippen molar-refractivity contribution in [2.45, 2.75) is 37.5 Å². The molecular weight excluding hydrogens is 380 g/mol. The fourth-order valence-electron chi connectivity index (χ4n) is 3.54. The van der Waals surface area contributed by atoms with Gasteiger partial charge < -0.3 is 0 Å². The van der Waals surface area contributed by atoms with Crippen molar-refractivity contribution in [1.82, 2.24) is 4.72 Å². The monoisotopic (exact) mass is 399 g/mol. The maximum absolute atomic E-state index is 14.6. The lowest BCUT2D eigenvalue weighted by molar-refractivity contribution is 0.382. The molecule has 0 spiro atoms. The smallest absolute Gasteiger partial charge is 0.212 e. The van der Waals surface area contributed by atoms with Crippen LogP contribution in [0.15, 0.2) is 42.5 Å². The van der Waals surface area contributed by atoms with Crippen LogP contribution in [0.2, 0.25) is 5.02 Å². The lowest BCUT2D eigenvalue weighted by Gasteiger charge is -2.26. The summed E-state index contributed by atoms with van der Waals surface area (Å²) in [5.74, 6) is -2.10. The lowest BCUT2D eigenvalue weighted by atomic mass is 9.92. The molecule has 0 heterocycles. The van der Waals surface area contributed by atoms with Gasteiger partial charge in [0.15, 0.2) is 0 Å². The summed E-state index contributed by atoms with van der Waals surface area (Å²) in [4.78, 5) is 0. The van der Waals surface area contributed by atoms with Gasteiger partial charge in [-0.05, 0) is 36.5 Å². The molecule has 1 saturated carbocycles. The first-order valence-corrected chi connectivity index (χ1v) is 10.6. The molecule has 140 valence electrons. The van der Waals surface area contributed by atoms with Crippen molar-refractivity contribution in [2.24, 2.45) is 5.92 Å². The summed E-state index contributed by atoms with van der Waals surface area (Å²) in [6.07, 6.45) is 3.24. The SMILES string of the molecule is O=S(=O)(Cc1ccccc1)N[C@H](c1c(F)ccc(Cl)c1F)C1CCCC1. The van der Waals surface area contributed by atoms with Crippen LogP contribution in [0.3, 0.4) is 0 Å². The van der Waals surface area contributed by atoms with Crippen molar-refractivity contribution >= 4 is 21.6 Å². The third-order valence-corrected chi connectivity index (χ3v) is 6.39. The molecule has 3 rings (SSSR count). The van der Waals surface area contributed by atoms with Gasteiger partial charge in [0.05, 0.1) is 16.8 Å². The summed E-state index contributed by atoms with van der Waals surface area (Å²) < 4.78 is 56.8. The second kappa shape index (κ2) is 8.03. The summed E-state index contributed by atoms with van der Waals surface area (Å²) in [6, 6.07) is 9.93. The highest BCUT2D eigenvalue weighted by molar-refractivity contribution is 7.88. The van der Waals surface area contributed by atoms with Gasteiger partial charge in [0.2, 0.25) is 10.0 Å². The van der Waals surface area contributed by atoms with E-state index in [-0.39, 0.29) is 22.3 Å². The molecule has 0 unspecified atom stereocenters. The van der Waals surface area contributed by atoms with Crippen molar-refractivity contribution in [3.8, 4) is 0 Å². The number of hydrogen-bond acceptors (Lipinski definition) is 2. The molecule has 0 amide bonds. The first-order valence-electron chi connectivity index (χ1n) is 8.55. The molecule has 1 atom stereocenters. The largest absolute Gasteiger partial charge is 0.216 e. The Hall–Kier alpha value is -1.50. The second-order valence-corrected chi connectivity index (χ2v) is 8.80. The average Bonchev–Trinajstić information content (AvgIpc) is 3.12. The number of nitrogens with one attached hydrogen (secondary N) is 1. The summed E-state index contributed by atoms with van der Waals surface area (Å²) in [7, 11) is -3.79. The van der Waals surface area contributed by atoms with E-state index in [2.05, 4.69) is 4.72 Å². The van der Waals surface area contributed by atoms with Crippen molar-refractivity contribution in [3.63, 3.8) is 0 Å². The minimum absolute atomic E-state index is 0.164. The Labute approximate surface area is 157 Å². The van der Waals surface area contributed by atoms with Crippen molar-refractivity contribution in [3.05, 3.63) is 70.2 Å². The molecule has 1 aliphatic rings. The topological polar surface area (TPSA) is 46.2 Å². The molecule has 0 radical (unpaired) electrons. The summed E-state index contributed by atoms with van der Waals surface area (Å²) in [6.45, 7) is 0. The maximum Gasteiger partial charge on any atom is 0.216 e. The summed E-state index contributed by atoms with van der Waals surface area (Å²) in [5, 5.41) is -0.216. The van der Waals surface area contributed by atoms with E-state index in [1.807, 2.05) is 0 Å². The molecule has 1 N–H and O–H groups in total. The van der Waals surface area contributed by atoms with Crippen molar-refractivity contribution < 1.29 is 17.2 Å². The van der Waals surface area contributed by atoms with Gasteiger partial charge in [-0.1, -0.05) is 54.8 Å². The second-order valence-electron chi connectivity index (χ2n) is 6.64. The highest BCUT2D eigenvalue weighted by Crippen LogP contribution is 2.39. The quantitative estimate of drug-likeness (QED) is 0.697. The highest BCUT2D eigenvalue weighted by Gasteiger charge is 2.34. The maximum atomic E-state index is 14.6. The third kappa shape index (κ3) is 4.42. The number of hydrogen-bond donors (Lipinski definition) is 1. The zero-order valence-electron chi connectivity index (χ0n) is 14.1. The van der Waals surface area contributed by atoms with E-state index in [0.29, 0.717) is 18.4 Å². The van der Waals surface area contributed by atoms with Crippen LogP contribution in [0.1, 0.15) is 42.9 Å². The third-order valence-electron chi connectivity index (χ3n) is 4.77. The average molecular weight is 400 g/mol. The molecule has 1 fully saturated rings. The number of rotatable bonds is 6. The summed E-state index contributed by atoms with van der Waals surface area (Å²) >= 11 is 5.82. The zero-order valence-corrected chi connectivity index (χ0v) is 15.7. The highest BCUT2D eigenvalue weighted by atomic mass is 35.5. The van der Waals surface area contributed by atoms with Crippen LogP contribution in [0.25, 0.3) is 0 Å². The molecule has 26 heavy (non-hydrogen) atoms. The van der Waals surface area contributed by atoms with Crippen molar-refractivity contribution in [2.75, 3.05) is 0 Å². The van der Waals surface area contributed by atoms with Gasteiger partial charge in [-0.2, -0.15) is 0 Å². The Bertz CT molecular complexity index is 869. The molecule has 3 nitrogen and oxygen atoms in total. The first kappa shape index (κ1) is 19.3. The Kier molecular flexibility index (Phi) is 5.95. The minimum Gasteiger partial charge on any atom is -0.212 e. The molecule has 0 aromatic heterocycles. The number of halogens is 3. The predicted octanol–water partition coefficient (Wildman–Crippen LogP) is 4.97. The van der Waals surface area contributed by atoms with E-state index in [0.717, 1.165) is 25.0 Å². The van der Waals surface area contributed by atoms with Crippen LogP contribution in [0, 0.1) is 17.6 Å². The fraction of sp³-hybridized carbons (Fsp3) is 0.368. The molecule has 0 aliphatic heterocycles. The Morgan fingerprint density at radius 1 is 1.08 bits per heavy atom. The van der Waals surface area contributed by atoms with Crippen LogP contribution < -0.4 is 4.72 Å². The molecule has 2 aromatic rings. The Balaban J connectivity index is 1.94. The van der Waals surface area contributed by atoms with E-state index in [4.69, 9.17) is 11.6 Å².